The van der Waals surface area contributed by atoms with E-state index in [0.29, 0.717) is 56.1 Å². The Hall–Kier alpha value is -4.19. The molecule has 50 heavy (non-hydrogen) atoms. The first-order chi connectivity index (χ1) is 24.0. The highest BCUT2D eigenvalue weighted by molar-refractivity contribution is 7.23. The smallest absolute Gasteiger partial charge is 0.270 e. The van der Waals surface area contributed by atoms with E-state index in [4.69, 9.17) is 10.7 Å². The molecule has 7 heterocycles. The van der Waals surface area contributed by atoms with Crippen molar-refractivity contribution in [3.8, 4) is 17.3 Å². The van der Waals surface area contributed by atoms with Crippen LogP contribution in [0, 0.1) is 28.8 Å². The second kappa shape index (κ2) is 13.2. The molecule has 8 rings (SSSR count). The molecule has 8 nitrogen and oxygen atoms in total. The van der Waals surface area contributed by atoms with Gasteiger partial charge in [-0.2, -0.15) is 14.0 Å². The van der Waals surface area contributed by atoms with Gasteiger partial charge in [0.15, 0.2) is 11.6 Å². The Morgan fingerprint density at radius 2 is 1.94 bits per heavy atom. The van der Waals surface area contributed by atoms with Gasteiger partial charge in [0.25, 0.3) is 6.08 Å². The molecule has 3 fully saturated rings. The number of nitrogens with zero attached hydrogens (tertiary/aromatic N) is 6. The zero-order valence-corrected chi connectivity index (χ0v) is 28.7. The molecule has 4 aliphatic rings. The summed E-state index contributed by atoms with van der Waals surface area (Å²) in [6.45, 7) is 11.2. The first kappa shape index (κ1) is 34.3. The normalized spacial score (nSPS) is 21.6. The molecule has 3 saturated heterocycles. The van der Waals surface area contributed by atoms with Crippen LogP contribution in [0.2, 0.25) is 0 Å². The van der Waals surface area contributed by atoms with Crippen molar-refractivity contribution in [1.29, 1.82) is 5.26 Å². The summed E-state index contributed by atoms with van der Waals surface area (Å²) in [5, 5.41) is 13.4. The van der Waals surface area contributed by atoms with Crippen LogP contribution in [-0.4, -0.2) is 64.2 Å². The fourth-order valence-electron chi connectivity index (χ4n) is 8.16. The Morgan fingerprint density at radius 1 is 1.16 bits per heavy atom. The zero-order chi connectivity index (χ0) is 35.5. The predicted molar refractivity (Wildman–Crippen MR) is 186 cm³/mol. The summed E-state index contributed by atoms with van der Waals surface area (Å²) < 4.78 is 76.1. The quantitative estimate of drug-likeness (QED) is 0.208. The number of nitrogen functional groups attached to an aromatic ring is 1. The molecule has 0 spiro atoms. The third-order valence-corrected chi connectivity index (χ3v) is 11.3. The first-order valence-corrected chi connectivity index (χ1v) is 17.8. The molecule has 0 amide bonds. The van der Waals surface area contributed by atoms with E-state index in [-0.39, 0.29) is 67.4 Å². The molecule has 1 aromatic carbocycles. The summed E-state index contributed by atoms with van der Waals surface area (Å²) in [7, 11) is 0. The summed E-state index contributed by atoms with van der Waals surface area (Å²) in [5.74, 6) is -2.02. The lowest BCUT2D eigenvalue weighted by atomic mass is 9.87. The lowest BCUT2D eigenvalue weighted by Gasteiger charge is -2.36. The highest BCUT2D eigenvalue weighted by Gasteiger charge is 2.47. The molecule has 14 heteroatoms. The number of halogens is 5. The Morgan fingerprint density at radius 3 is 2.68 bits per heavy atom. The fraction of sp³-hybridized carbons (Fsp3) is 0.444. The van der Waals surface area contributed by atoms with Crippen LogP contribution in [-0.2, 0) is 6.42 Å². The second-order valence-corrected chi connectivity index (χ2v) is 14.6. The topological polar surface area (TPSA) is 107 Å². The number of nitrogens with one attached hydrogen (secondary N) is 1. The largest absolute Gasteiger partial charge is 0.389 e. The lowest BCUT2D eigenvalue weighted by Crippen LogP contribution is -2.51. The number of nitrogens with two attached hydrogens (primary N) is 1. The average molecular weight is 709 g/mol. The van der Waals surface area contributed by atoms with Crippen molar-refractivity contribution in [1.82, 2.24) is 25.2 Å². The monoisotopic (exact) mass is 708 g/mol. The molecular formula is C36H37F5N8S. The average Bonchev–Trinajstić information content (AvgIpc) is 3.73. The molecule has 4 aromatic rings. The molecule has 3 aromatic heterocycles. The van der Waals surface area contributed by atoms with Crippen molar-refractivity contribution in [2.45, 2.75) is 70.4 Å². The van der Waals surface area contributed by atoms with Crippen molar-refractivity contribution < 1.29 is 22.0 Å². The number of pyridine rings is 1. The highest BCUT2D eigenvalue weighted by Crippen LogP contribution is 2.48. The number of thiophene rings is 1. The summed E-state index contributed by atoms with van der Waals surface area (Å²) >= 11 is 0.809. The van der Waals surface area contributed by atoms with Crippen LogP contribution in [0.5, 0.6) is 0 Å². The summed E-state index contributed by atoms with van der Waals surface area (Å²) in [4.78, 5) is 17.9. The van der Waals surface area contributed by atoms with Crippen LogP contribution >= 0.6 is 11.3 Å². The molecule has 2 atom stereocenters. The van der Waals surface area contributed by atoms with Crippen LogP contribution in [0.4, 0.5) is 32.8 Å². The molecule has 0 radical (unpaired) electrons. The maximum atomic E-state index is 17.0. The van der Waals surface area contributed by atoms with Gasteiger partial charge < -0.3 is 16.0 Å². The van der Waals surface area contributed by atoms with Gasteiger partial charge in [-0.15, -0.1) is 11.3 Å². The first-order valence-electron chi connectivity index (χ1n) is 17.0. The summed E-state index contributed by atoms with van der Waals surface area (Å²) in [5.41, 5.74) is 5.14. The number of nitriles is 1. The molecule has 4 aliphatic heterocycles. The minimum Gasteiger partial charge on any atom is -0.389 e. The minimum atomic E-state index is -1.63. The molecule has 0 bridgehead atoms. The van der Waals surface area contributed by atoms with Crippen LogP contribution < -0.4 is 16.0 Å². The van der Waals surface area contributed by atoms with E-state index >= 15 is 8.78 Å². The maximum Gasteiger partial charge on any atom is 0.270 e. The van der Waals surface area contributed by atoms with Gasteiger partial charge in [-0.1, -0.05) is 26.8 Å². The number of hydrogen-bond acceptors (Lipinski definition) is 9. The van der Waals surface area contributed by atoms with E-state index in [1.54, 1.807) is 0 Å². The number of hydrogen-bond donors (Lipinski definition) is 2. The number of benzene rings is 1. The van der Waals surface area contributed by atoms with E-state index in [9.17, 15) is 18.4 Å². The van der Waals surface area contributed by atoms with Crippen molar-refractivity contribution in [3.63, 3.8) is 0 Å². The van der Waals surface area contributed by atoms with Crippen molar-refractivity contribution in [2.24, 2.45) is 0 Å². The molecular weight excluding hydrogens is 672 g/mol. The van der Waals surface area contributed by atoms with Crippen molar-refractivity contribution in [2.75, 3.05) is 43.4 Å². The number of piperazine rings is 1. The van der Waals surface area contributed by atoms with E-state index in [1.807, 2.05) is 11.0 Å². The SMILES string of the molecule is C=C1C[C@@H]2CNCCN2c2nc(CCC34CCCN3CC(=C(F)F)C4)nc3c(F)c(-c4ncc(F)c5sc(N)c(C#N)c45)c(F)c1c23.CCC. The number of anilines is 2. The Balaban J connectivity index is 0.00000126. The van der Waals surface area contributed by atoms with Gasteiger partial charge in [-0.25, -0.2) is 23.1 Å². The van der Waals surface area contributed by atoms with Crippen LogP contribution in [0.25, 0.3) is 37.8 Å². The minimum absolute atomic E-state index is 0.00830. The standard InChI is InChI=1S/C33H29F5N8S.C3H8/c1-15-9-17-12-41-6-8-46(17)32-23-21(15)25(35)24(27-22-18(11-39)31(40)47-29(22)19(34)13-42-27)26(36)28(23)43-20(44-32)3-5-33-4-2-7-45(33)14-16(10-33)30(37)38;1-3-2/h13,17,41H,1-10,12,14,40H2;3H2,1-2H3/t17-,33?;/m1./s1. The Labute approximate surface area is 290 Å². The molecule has 3 N–H and O–H groups in total. The Kier molecular flexibility index (Phi) is 9.03. The van der Waals surface area contributed by atoms with Crippen LogP contribution in [0.3, 0.4) is 0 Å². The van der Waals surface area contributed by atoms with Gasteiger partial charge >= 0.3 is 0 Å². The van der Waals surface area contributed by atoms with E-state index in [2.05, 4.69) is 40.6 Å². The zero-order valence-electron chi connectivity index (χ0n) is 27.9. The van der Waals surface area contributed by atoms with Gasteiger partial charge in [0, 0.05) is 60.7 Å². The van der Waals surface area contributed by atoms with Gasteiger partial charge in [0.1, 0.15) is 34.0 Å². The van der Waals surface area contributed by atoms with Gasteiger partial charge in [-0.3, -0.25) is 9.88 Å². The summed E-state index contributed by atoms with van der Waals surface area (Å²) in [6, 6.07) is 1.79. The second-order valence-electron chi connectivity index (χ2n) is 13.5. The van der Waals surface area contributed by atoms with Gasteiger partial charge in [0.05, 0.1) is 33.1 Å². The summed E-state index contributed by atoms with van der Waals surface area (Å²) in [6.07, 6.45) is 3.55. The fourth-order valence-corrected chi connectivity index (χ4v) is 9.08. The number of aromatic nitrogens is 3. The van der Waals surface area contributed by atoms with Gasteiger partial charge in [-0.05, 0) is 44.2 Å². The number of aryl methyl sites for hydroxylation is 1. The van der Waals surface area contributed by atoms with Crippen LogP contribution in [0.1, 0.15) is 69.3 Å². The molecule has 0 aliphatic carbocycles. The van der Waals surface area contributed by atoms with E-state index in [0.717, 1.165) is 36.9 Å². The molecule has 0 saturated carbocycles. The van der Waals surface area contributed by atoms with Crippen LogP contribution in [0.15, 0.2) is 24.4 Å². The third-order valence-electron chi connectivity index (χ3n) is 10.3. The van der Waals surface area contributed by atoms with Crippen molar-refractivity contribution >= 4 is 48.7 Å². The van der Waals surface area contributed by atoms with Crippen molar-refractivity contribution in [3.05, 3.63) is 58.8 Å². The van der Waals surface area contributed by atoms with E-state index < -0.39 is 34.6 Å². The van der Waals surface area contributed by atoms with Gasteiger partial charge in [0.2, 0.25) is 0 Å². The maximum absolute atomic E-state index is 17.0. The lowest BCUT2D eigenvalue weighted by molar-refractivity contribution is 0.182. The Bertz CT molecular complexity index is 2120. The highest BCUT2D eigenvalue weighted by atomic mass is 32.1. The number of rotatable bonds is 4. The molecule has 262 valence electrons. The number of fused-ring (bicyclic) bond motifs is 4. The van der Waals surface area contributed by atoms with E-state index in [1.165, 1.54) is 6.42 Å². The third kappa shape index (κ3) is 5.41. The predicted octanol–water partition coefficient (Wildman–Crippen LogP) is 7.71. The molecule has 1 unspecified atom stereocenters.